The van der Waals surface area contributed by atoms with E-state index in [-0.39, 0.29) is 17.2 Å². The largest absolute Gasteiger partial charge is 0.508 e. The Balaban J connectivity index is 2.79. The molecular formula is C9H7NO4. The summed E-state index contributed by atoms with van der Waals surface area (Å²) in [5.41, 5.74) is 0.116. The summed E-state index contributed by atoms with van der Waals surface area (Å²) < 4.78 is 0. The van der Waals surface area contributed by atoms with Crippen molar-refractivity contribution in [2.24, 2.45) is 0 Å². The van der Waals surface area contributed by atoms with Crippen molar-refractivity contribution in [3.05, 3.63) is 23.9 Å². The van der Waals surface area contributed by atoms with Crippen LogP contribution in [0.1, 0.15) is 10.5 Å². The highest BCUT2D eigenvalue weighted by Gasteiger charge is 2.15. The molecule has 0 bridgehead atoms. The molecule has 14 heavy (non-hydrogen) atoms. The van der Waals surface area contributed by atoms with E-state index in [9.17, 15) is 9.90 Å². The number of phenolic OH excluding ortho intramolecular Hbond substituents is 1. The molecule has 0 unspecified atom stereocenters. The van der Waals surface area contributed by atoms with Crippen LogP contribution in [0.5, 0.6) is 11.5 Å². The minimum atomic E-state index is -1.24. The molecule has 2 aromatic rings. The van der Waals surface area contributed by atoms with E-state index in [1.165, 1.54) is 18.2 Å². The predicted molar refractivity (Wildman–Crippen MR) is 48.6 cm³/mol. The van der Waals surface area contributed by atoms with Crippen LogP contribution in [0.15, 0.2) is 18.2 Å². The number of hydrogen-bond donors (Lipinski definition) is 4. The molecule has 1 aromatic carbocycles. The second-order valence-corrected chi connectivity index (χ2v) is 2.88. The first-order valence-corrected chi connectivity index (χ1v) is 3.86. The number of aromatic amines is 1. The number of carbonyl (C=O) groups is 1. The maximum Gasteiger partial charge on any atom is 0.356 e. The second kappa shape index (κ2) is 2.66. The van der Waals surface area contributed by atoms with Gasteiger partial charge in [0.05, 0.1) is 5.52 Å². The van der Waals surface area contributed by atoms with Crippen LogP contribution in [-0.4, -0.2) is 26.3 Å². The summed E-state index contributed by atoms with van der Waals surface area (Å²) in [6, 6.07) is 4.17. The number of fused-ring (bicyclic) bond motifs is 1. The molecular weight excluding hydrogens is 186 g/mol. The first-order chi connectivity index (χ1) is 6.59. The average Bonchev–Trinajstić information content (AvgIpc) is 2.43. The number of carboxylic acid groups (broad SMARTS) is 1. The van der Waals surface area contributed by atoms with E-state index in [1.54, 1.807) is 0 Å². The Labute approximate surface area is 78.2 Å². The molecule has 0 fully saturated rings. The molecule has 2 rings (SSSR count). The zero-order chi connectivity index (χ0) is 10.3. The predicted octanol–water partition coefficient (Wildman–Crippen LogP) is 1.28. The van der Waals surface area contributed by atoms with E-state index in [0.717, 1.165) is 0 Å². The fourth-order valence-corrected chi connectivity index (χ4v) is 1.33. The van der Waals surface area contributed by atoms with Crippen LogP contribution >= 0.6 is 0 Å². The molecule has 0 saturated carbocycles. The van der Waals surface area contributed by atoms with Gasteiger partial charge in [0.25, 0.3) is 0 Å². The fraction of sp³-hybridized carbons (Fsp3) is 0. The Bertz CT molecular complexity index is 515. The van der Waals surface area contributed by atoms with Crippen molar-refractivity contribution in [3.63, 3.8) is 0 Å². The number of aromatic nitrogens is 1. The van der Waals surface area contributed by atoms with Crippen molar-refractivity contribution in [2.75, 3.05) is 0 Å². The minimum Gasteiger partial charge on any atom is -0.508 e. The number of hydrogen-bond acceptors (Lipinski definition) is 3. The average molecular weight is 193 g/mol. The van der Waals surface area contributed by atoms with Crippen molar-refractivity contribution in [1.29, 1.82) is 0 Å². The Morgan fingerprint density at radius 1 is 1.29 bits per heavy atom. The van der Waals surface area contributed by atoms with Crippen LogP contribution in [0, 0.1) is 0 Å². The third kappa shape index (κ3) is 1.06. The molecule has 0 amide bonds. The molecule has 5 nitrogen and oxygen atoms in total. The first kappa shape index (κ1) is 8.43. The summed E-state index contributed by atoms with van der Waals surface area (Å²) in [7, 11) is 0. The quantitative estimate of drug-likeness (QED) is 0.548. The van der Waals surface area contributed by atoms with Gasteiger partial charge < -0.3 is 20.3 Å². The maximum atomic E-state index is 10.6. The number of carboxylic acids is 1. The molecule has 0 aliphatic heterocycles. The zero-order valence-corrected chi connectivity index (χ0v) is 6.98. The lowest BCUT2D eigenvalue weighted by molar-refractivity contribution is 0.0688. The van der Waals surface area contributed by atoms with Crippen molar-refractivity contribution < 1.29 is 20.1 Å². The minimum absolute atomic E-state index is 0.00990. The topological polar surface area (TPSA) is 93.5 Å². The molecule has 0 atom stereocenters. The summed E-state index contributed by atoms with van der Waals surface area (Å²) in [4.78, 5) is 13.1. The smallest absolute Gasteiger partial charge is 0.356 e. The van der Waals surface area contributed by atoms with Crippen molar-refractivity contribution in [1.82, 2.24) is 4.98 Å². The van der Waals surface area contributed by atoms with Crippen LogP contribution in [0.25, 0.3) is 10.9 Å². The van der Waals surface area contributed by atoms with Gasteiger partial charge in [0, 0.05) is 11.5 Å². The standard InChI is InChI=1S/C9H7NO4/c11-4-1-2-5-6(3-4)10-7(8(5)12)9(13)14/h1-3,10-12H,(H,13,14). The number of H-pyrrole nitrogens is 1. The normalized spacial score (nSPS) is 10.6. The SMILES string of the molecule is O=C(O)c1[nH]c2cc(O)ccc2c1O. The lowest BCUT2D eigenvalue weighted by atomic mass is 10.2. The van der Waals surface area contributed by atoms with Crippen LogP contribution < -0.4 is 0 Å². The van der Waals surface area contributed by atoms with Gasteiger partial charge in [-0.15, -0.1) is 0 Å². The Morgan fingerprint density at radius 3 is 2.64 bits per heavy atom. The highest BCUT2D eigenvalue weighted by molar-refractivity contribution is 6.00. The maximum absolute atomic E-state index is 10.6. The summed E-state index contributed by atoms with van der Waals surface area (Å²) in [6.45, 7) is 0. The Kier molecular flexibility index (Phi) is 1.60. The van der Waals surface area contributed by atoms with Crippen LogP contribution in [0.3, 0.4) is 0 Å². The fourth-order valence-electron chi connectivity index (χ4n) is 1.33. The van der Waals surface area contributed by atoms with Crippen LogP contribution in [0.4, 0.5) is 0 Å². The van der Waals surface area contributed by atoms with Crippen molar-refractivity contribution >= 4 is 16.9 Å². The van der Waals surface area contributed by atoms with Gasteiger partial charge >= 0.3 is 5.97 Å². The molecule has 0 radical (unpaired) electrons. The molecule has 0 aliphatic carbocycles. The van der Waals surface area contributed by atoms with E-state index in [1.807, 2.05) is 0 Å². The highest BCUT2D eigenvalue weighted by atomic mass is 16.4. The molecule has 5 heteroatoms. The molecule has 72 valence electrons. The number of rotatable bonds is 1. The molecule has 1 aromatic heterocycles. The van der Waals surface area contributed by atoms with E-state index in [4.69, 9.17) is 10.2 Å². The summed E-state index contributed by atoms with van der Waals surface area (Å²) >= 11 is 0. The van der Waals surface area contributed by atoms with E-state index in [0.29, 0.717) is 10.9 Å². The van der Waals surface area contributed by atoms with Gasteiger partial charge in [-0.25, -0.2) is 4.79 Å². The van der Waals surface area contributed by atoms with Gasteiger partial charge in [0.2, 0.25) is 0 Å². The van der Waals surface area contributed by atoms with Crippen molar-refractivity contribution in [2.45, 2.75) is 0 Å². The van der Waals surface area contributed by atoms with Gasteiger partial charge in [-0.1, -0.05) is 0 Å². The molecule has 0 aliphatic rings. The Hall–Kier alpha value is -2.17. The summed E-state index contributed by atoms with van der Waals surface area (Å²) in [6.07, 6.45) is 0. The molecule has 0 spiro atoms. The zero-order valence-electron chi connectivity index (χ0n) is 6.98. The first-order valence-electron chi connectivity index (χ1n) is 3.86. The molecule has 4 N–H and O–H groups in total. The van der Waals surface area contributed by atoms with Gasteiger partial charge in [0.1, 0.15) is 5.75 Å². The van der Waals surface area contributed by atoms with Gasteiger partial charge in [-0.2, -0.15) is 0 Å². The summed E-state index contributed by atoms with van der Waals surface area (Å²) in [5, 5.41) is 27.6. The number of aromatic carboxylic acids is 1. The van der Waals surface area contributed by atoms with E-state index >= 15 is 0 Å². The number of aromatic hydroxyl groups is 2. The van der Waals surface area contributed by atoms with Crippen LogP contribution in [-0.2, 0) is 0 Å². The van der Waals surface area contributed by atoms with Gasteiger partial charge in [0.15, 0.2) is 11.4 Å². The monoisotopic (exact) mass is 193 g/mol. The van der Waals surface area contributed by atoms with Crippen molar-refractivity contribution in [3.8, 4) is 11.5 Å². The second-order valence-electron chi connectivity index (χ2n) is 2.88. The molecule has 1 heterocycles. The van der Waals surface area contributed by atoms with E-state index in [2.05, 4.69) is 4.98 Å². The molecule has 0 saturated heterocycles. The number of nitrogens with one attached hydrogen (secondary N) is 1. The van der Waals surface area contributed by atoms with Crippen LogP contribution in [0.2, 0.25) is 0 Å². The highest BCUT2D eigenvalue weighted by Crippen LogP contribution is 2.30. The summed E-state index contributed by atoms with van der Waals surface area (Å²) in [5.74, 6) is -1.54. The van der Waals surface area contributed by atoms with Gasteiger partial charge in [-0.05, 0) is 12.1 Å². The third-order valence-corrected chi connectivity index (χ3v) is 1.97. The number of benzene rings is 1. The lowest BCUT2D eigenvalue weighted by Crippen LogP contribution is -1.95. The lowest BCUT2D eigenvalue weighted by Gasteiger charge is -1.91. The van der Waals surface area contributed by atoms with E-state index < -0.39 is 5.97 Å². The Morgan fingerprint density at radius 2 is 2.00 bits per heavy atom. The van der Waals surface area contributed by atoms with Gasteiger partial charge in [-0.3, -0.25) is 0 Å². The third-order valence-electron chi connectivity index (χ3n) is 1.97. The number of phenols is 1.